The third-order valence-corrected chi connectivity index (χ3v) is 3.85. The Morgan fingerprint density at radius 1 is 0.816 bits per heavy atom. The first-order valence-electron chi connectivity index (χ1n) is 13.6. The van der Waals surface area contributed by atoms with Gasteiger partial charge in [0.1, 0.15) is 0 Å². The van der Waals surface area contributed by atoms with Crippen molar-refractivity contribution in [3.05, 3.63) is 130 Å². The molecule has 38 heavy (non-hydrogen) atoms. The van der Waals surface area contributed by atoms with Crippen LogP contribution in [0.3, 0.4) is 0 Å². The summed E-state index contributed by atoms with van der Waals surface area (Å²) in [6.45, 7) is 42.0. The second-order valence-electron chi connectivity index (χ2n) is 6.38. The summed E-state index contributed by atoms with van der Waals surface area (Å²) >= 11 is 0. The topological polar surface area (TPSA) is 17.8 Å². The van der Waals surface area contributed by atoms with E-state index in [0.717, 1.165) is 11.1 Å². The molecule has 0 amide bonds. The molecule has 0 unspecified atom stereocenters. The summed E-state index contributed by atoms with van der Waals surface area (Å²) in [4.78, 5) is 4.16. The maximum atomic E-state index is 4.16. The summed E-state index contributed by atoms with van der Waals surface area (Å²) in [6, 6.07) is 10.5. The largest absolute Gasteiger partial charge is 0.344 e. The highest BCUT2D eigenvalue weighted by Crippen LogP contribution is 2.26. The first-order chi connectivity index (χ1) is 18.5. The second-order valence-corrected chi connectivity index (χ2v) is 6.38. The molecule has 0 fully saturated rings. The zero-order valence-corrected chi connectivity index (χ0v) is 26.5. The van der Waals surface area contributed by atoms with Crippen molar-refractivity contribution in [3.8, 4) is 0 Å². The second kappa shape index (κ2) is 35.5. The molecule has 2 heterocycles. The fourth-order valence-corrected chi connectivity index (χ4v) is 2.56. The predicted molar refractivity (Wildman–Crippen MR) is 183 cm³/mol. The average molecular weight is 519 g/mol. The van der Waals surface area contributed by atoms with Crippen LogP contribution in [0.25, 0.3) is 21.8 Å². The van der Waals surface area contributed by atoms with E-state index in [4.69, 9.17) is 0 Å². The van der Waals surface area contributed by atoms with Crippen LogP contribution in [0.2, 0.25) is 0 Å². The molecule has 0 atom stereocenters. The molecule has 2 aromatic heterocycles. The molecular weight excluding hydrogens is 460 g/mol. The molecule has 0 saturated carbocycles. The molecule has 3 aromatic rings. The third-order valence-electron chi connectivity index (χ3n) is 3.85. The quantitative estimate of drug-likeness (QED) is 0.248. The first-order valence-corrected chi connectivity index (χ1v) is 13.6. The van der Waals surface area contributed by atoms with Crippen LogP contribution >= 0.6 is 0 Å². The smallest absolute Gasteiger partial charge is 0.0519 e. The molecule has 0 radical (unpaired) electrons. The van der Waals surface area contributed by atoms with E-state index < -0.39 is 0 Å². The van der Waals surface area contributed by atoms with Gasteiger partial charge in [0, 0.05) is 35.7 Å². The average Bonchev–Trinajstić information content (AvgIpc) is 3.29. The van der Waals surface area contributed by atoms with Gasteiger partial charge in [0.15, 0.2) is 0 Å². The van der Waals surface area contributed by atoms with Crippen LogP contribution in [0.1, 0.15) is 68.7 Å². The maximum Gasteiger partial charge on any atom is 0.0519 e. The minimum absolute atomic E-state index is 0.870. The molecule has 3 rings (SSSR count). The minimum Gasteiger partial charge on any atom is -0.344 e. The van der Waals surface area contributed by atoms with E-state index in [1.807, 2.05) is 66.9 Å². The highest BCUT2D eigenvalue weighted by molar-refractivity contribution is 6.07. The zero-order valence-electron chi connectivity index (χ0n) is 26.5. The molecule has 2 nitrogen and oxygen atoms in total. The fourth-order valence-electron chi connectivity index (χ4n) is 2.56. The Labute approximate surface area is 237 Å². The number of hydrogen-bond donors (Lipinski definition) is 0. The molecule has 212 valence electrons. The van der Waals surface area contributed by atoms with Crippen molar-refractivity contribution in [1.29, 1.82) is 0 Å². The minimum atomic E-state index is 0.870. The number of para-hydroxylation sites is 1. The van der Waals surface area contributed by atoms with Crippen molar-refractivity contribution < 1.29 is 0 Å². The highest BCUT2D eigenvalue weighted by Gasteiger charge is 2.05. The van der Waals surface area contributed by atoms with Crippen LogP contribution in [0.5, 0.6) is 0 Å². The summed E-state index contributed by atoms with van der Waals surface area (Å²) in [6.07, 6.45) is 13.7. The van der Waals surface area contributed by atoms with Gasteiger partial charge in [0.25, 0.3) is 0 Å². The van der Waals surface area contributed by atoms with Crippen molar-refractivity contribution in [1.82, 2.24) is 9.55 Å². The predicted octanol–water partition coefficient (Wildman–Crippen LogP) is 12.2. The van der Waals surface area contributed by atoms with E-state index >= 15 is 0 Å². The van der Waals surface area contributed by atoms with Crippen LogP contribution in [-0.2, 0) is 7.05 Å². The van der Waals surface area contributed by atoms with Gasteiger partial charge in [-0.2, -0.15) is 0 Å². The van der Waals surface area contributed by atoms with Gasteiger partial charge in [-0.05, 0) is 30.2 Å². The molecule has 0 aliphatic carbocycles. The number of fused-ring (bicyclic) bond motifs is 3. The Bertz CT molecular complexity index is 963. The first kappa shape index (κ1) is 44.4. The van der Waals surface area contributed by atoms with E-state index in [1.165, 1.54) is 28.2 Å². The number of nitrogens with zero attached hydrogens (tertiary/aromatic N) is 2. The van der Waals surface area contributed by atoms with Crippen LogP contribution in [0.15, 0.2) is 130 Å². The normalized spacial score (nSPS) is 8.21. The van der Waals surface area contributed by atoms with Crippen molar-refractivity contribution in [2.75, 3.05) is 0 Å². The molecule has 1 aromatic carbocycles. The molecule has 0 saturated heterocycles. The number of pyridine rings is 1. The Balaban J connectivity index is -0.000000133. The van der Waals surface area contributed by atoms with Crippen molar-refractivity contribution in [2.45, 2.75) is 68.7 Å². The molecule has 0 N–H and O–H groups in total. The van der Waals surface area contributed by atoms with Gasteiger partial charge in [0.05, 0.1) is 5.52 Å². The summed E-state index contributed by atoms with van der Waals surface area (Å²) in [7, 11) is 2.09. The van der Waals surface area contributed by atoms with Gasteiger partial charge in [-0.1, -0.05) is 137 Å². The lowest BCUT2D eigenvalue weighted by molar-refractivity contribution is 1.01. The standard InChI is InChI=1S/C12H10N2.C10H12.C3H8.C3H6.3C2H6.C2H4/c1-14-11-5-3-2-4-9(11)10-8-13-7-6-12(10)14;1-5-8-10(7-3)9(4)6-2;2*1-3-2;4*1-2/h2-8H,1H3;5-8H,1-4H2;3H2,1-2H3;3H,1H2,2H3;3*1-2H3;1-2H2/b;10-8+;;;;;;. The van der Waals surface area contributed by atoms with Gasteiger partial charge < -0.3 is 4.57 Å². The van der Waals surface area contributed by atoms with Crippen molar-refractivity contribution in [3.63, 3.8) is 0 Å². The Morgan fingerprint density at radius 2 is 1.26 bits per heavy atom. The van der Waals surface area contributed by atoms with Crippen LogP contribution in [-0.4, -0.2) is 9.55 Å². The summed E-state index contributed by atoms with van der Waals surface area (Å²) in [5.74, 6) is 0. The van der Waals surface area contributed by atoms with E-state index in [1.54, 1.807) is 24.3 Å². The van der Waals surface area contributed by atoms with Crippen molar-refractivity contribution in [2.24, 2.45) is 7.05 Å². The molecule has 0 spiro atoms. The number of allylic oxidation sites excluding steroid dienone is 7. The van der Waals surface area contributed by atoms with Gasteiger partial charge in [-0.3, -0.25) is 4.98 Å². The lowest BCUT2D eigenvalue weighted by Crippen LogP contribution is -1.85. The summed E-state index contributed by atoms with van der Waals surface area (Å²) in [5, 5.41) is 2.50. The van der Waals surface area contributed by atoms with Crippen molar-refractivity contribution >= 4 is 21.8 Å². The monoisotopic (exact) mass is 518 g/mol. The molecule has 0 aliphatic heterocycles. The number of benzene rings is 1. The number of aromatic nitrogens is 2. The third kappa shape index (κ3) is 18.6. The van der Waals surface area contributed by atoms with Gasteiger partial charge in [-0.25, -0.2) is 0 Å². The molecule has 0 aliphatic rings. The molecule has 0 bridgehead atoms. The zero-order chi connectivity index (χ0) is 30.9. The van der Waals surface area contributed by atoms with E-state index in [0.29, 0.717) is 0 Å². The SMILES string of the molecule is C=C.C=C/C=C(\C=C)C(=C)C=C.C=CC.CC.CC.CC.CCC.Cn1c2ccccc2c2cnccc21. The lowest BCUT2D eigenvalue weighted by Gasteiger charge is -1.96. The van der Waals surface area contributed by atoms with Gasteiger partial charge in [0.2, 0.25) is 0 Å². The molecular formula is C36H58N2. The molecule has 2 heteroatoms. The van der Waals surface area contributed by atoms with E-state index in [2.05, 4.69) is 107 Å². The Hall–Kier alpha value is -3.65. The maximum absolute atomic E-state index is 4.16. The van der Waals surface area contributed by atoms with Crippen LogP contribution in [0, 0.1) is 0 Å². The summed E-state index contributed by atoms with van der Waals surface area (Å²) in [5.41, 5.74) is 4.33. The van der Waals surface area contributed by atoms with E-state index in [9.17, 15) is 0 Å². The number of hydrogen-bond acceptors (Lipinski definition) is 1. The summed E-state index contributed by atoms with van der Waals surface area (Å²) < 4.78 is 2.20. The number of aryl methyl sites for hydroxylation is 1. The Kier molecular flexibility index (Phi) is 41.4. The van der Waals surface area contributed by atoms with E-state index in [-0.39, 0.29) is 0 Å². The number of rotatable bonds is 4. The van der Waals surface area contributed by atoms with Crippen LogP contribution < -0.4 is 0 Å². The van der Waals surface area contributed by atoms with Crippen LogP contribution in [0.4, 0.5) is 0 Å². The Morgan fingerprint density at radius 3 is 1.68 bits per heavy atom. The highest BCUT2D eigenvalue weighted by atomic mass is 14.9. The fraction of sp³-hybridized carbons (Fsp3) is 0.306. The van der Waals surface area contributed by atoms with Gasteiger partial charge in [-0.15, -0.1) is 19.7 Å². The lowest BCUT2D eigenvalue weighted by atomic mass is 10.1. The van der Waals surface area contributed by atoms with Gasteiger partial charge >= 0.3 is 0 Å².